The number of ether oxygens (including phenoxy) is 3. The molecule has 0 saturated heterocycles. The molecule has 0 saturated carbocycles. The Morgan fingerprint density at radius 3 is 2.42 bits per heavy atom. The lowest BCUT2D eigenvalue weighted by molar-refractivity contribution is -0.123. The van der Waals surface area contributed by atoms with Gasteiger partial charge in [0.15, 0.2) is 11.5 Å². The molecule has 5 aromatic rings. The molecule has 1 atom stereocenters. The van der Waals surface area contributed by atoms with Crippen LogP contribution in [0.5, 0.6) is 17.2 Å². The first-order valence-corrected chi connectivity index (χ1v) is 15.3. The van der Waals surface area contributed by atoms with Crippen LogP contribution < -0.4 is 24.4 Å². The van der Waals surface area contributed by atoms with E-state index in [4.69, 9.17) is 23.7 Å². The van der Waals surface area contributed by atoms with Crippen molar-refractivity contribution < 1.29 is 28.2 Å². The van der Waals surface area contributed by atoms with E-state index in [1.807, 2.05) is 72.8 Å². The van der Waals surface area contributed by atoms with E-state index in [1.54, 1.807) is 44.4 Å². The molecule has 2 aromatic heterocycles. The van der Waals surface area contributed by atoms with Crippen molar-refractivity contribution in [2.24, 2.45) is 0 Å². The number of nitrogens with one attached hydrogen (secondary N) is 1. The topological polar surface area (TPSA) is 108 Å². The molecule has 230 valence electrons. The average Bonchev–Trinajstić information content (AvgIpc) is 3.72. The van der Waals surface area contributed by atoms with Gasteiger partial charge in [-0.1, -0.05) is 36.4 Å². The van der Waals surface area contributed by atoms with Gasteiger partial charge in [0.05, 0.1) is 56.5 Å². The highest BCUT2D eigenvalue weighted by atomic mass is 32.2. The van der Waals surface area contributed by atoms with E-state index in [0.717, 1.165) is 16.7 Å². The number of benzene rings is 3. The minimum absolute atomic E-state index is 0.135. The molecule has 0 fully saturated rings. The number of amides is 2. The fourth-order valence-electron chi connectivity index (χ4n) is 5.31. The lowest BCUT2D eigenvalue weighted by atomic mass is 9.99. The molecule has 1 aliphatic heterocycles. The maximum atomic E-state index is 14.0. The first-order chi connectivity index (χ1) is 22.0. The summed E-state index contributed by atoms with van der Waals surface area (Å²) in [6, 6.07) is 26.6. The number of methoxy groups -OCH3 is 3. The van der Waals surface area contributed by atoms with Gasteiger partial charge in [-0.25, -0.2) is 4.68 Å². The number of rotatable bonds is 10. The summed E-state index contributed by atoms with van der Waals surface area (Å²) < 4.78 is 23.7. The van der Waals surface area contributed by atoms with E-state index < -0.39 is 0 Å². The Morgan fingerprint density at radius 2 is 1.73 bits per heavy atom. The van der Waals surface area contributed by atoms with Crippen LogP contribution in [0, 0.1) is 0 Å². The summed E-state index contributed by atoms with van der Waals surface area (Å²) in [5.41, 5.74) is 4.00. The second kappa shape index (κ2) is 13.2. The number of nitrogens with zero attached hydrogens (tertiary/aromatic N) is 3. The molecular weight excluding hydrogens is 592 g/mol. The van der Waals surface area contributed by atoms with E-state index in [2.05, 4.69) is 5.32 Å². The Balaban J connectivity index is 1.54. The van der Waals surface area contributed by atoms with Crippen LogP contribution in [0.25, 0.3) is 16.9 Å². The zero-order chi connectivity index (χ0) is 31.3. The van der Waals surface area contributed by atoms with Gasteiger partial charge in [0.1, 0.15) is 23.9 Å². The Hall–Kier alpha value is -5.16. The molecule has 0 radical (unpaired) electrons. The highest BCUT2D eigenvalue weighted by molar-refractivity contribution is 8.00. The van der Waals surface area contributed by atoms with E-state index >= 15 is 0 Å². The second-order valence-corrected chi connectivity index (χ2v) is 11.3. The molecule has 0 bridgehead atoms. The summed E-state index contributed by atoms with van der Waals surface area (Å²) in [4.78, 5) is 28.9. The third-order valence-corrected chi connectivity index (χ3v) is 8.76. The number of hydrogen-bond acceptors (Lipinski definition) is 8. The maximum absolute atomic E-state index is 14.0. The summed E-state index contributed by atoms with van der Waals surface area (Å²) in [7, 11) is 4.79. The van der Waals surface area contributed by atoms with Gasteiger partial charge in [0.25, 0.3) is 0 Å². The zero-order valence-corrected chi connectivity index (χ0v) is 25.9. The predicted octanol–water partition coefficient (Wildman–Crippen LogP) is 5.64. The normalized spacial score (nSPS) is 14.4. The Bertz CT molecular complexity index is 1790. The number of aromatic nitrogens is 2. The van der Waals surface area contributed by atoms with Crippen LogP contribution in [0.15, 0.2) is 95.6 Å². The van der Waals surface area contributed by atoms with Crippen molar-refractivity contribution in [2.45, 2.75) is 11.8 Å². The quantitative estimate of drug-likeness (QED) is 0.213. The number of carbonyl (C=O) groups excluding carboxylic acids is 2. The van der Waals surface area contributed by atoms with E-state index in [1.165, 1.54) is 16.7 Å². The van der Waals surface area contributed by atoms with E-state index in [-0.39, 0.29) is 35.9 Å². The Morgan fingerprint density at radius 1 is 0.956 bits per heavy atom. The van der Waals surface area contributed by atoms with Gasteiger partial charge in [-0.15, -0.1) is 11.8 Å². The summed E-state index contributed by atoms with van der Waals surface area (Å²) in [5.74, 6) is 2.58. The van der Waals surface area contributed by atoms with Crippen molar-refractivity contribution in [3.8, 4) is 34.2 Å². The van der Waals surface area contributed by atoms with Crippen molar-refractivity contribution in [1.82, 2.24) is 15.1 Å². The monoisotopic (exact) mass is 624 g/mol. The maximum Gasteiger partial charge on any atom is 0.240 e. The van der Waals surface area contributed by atoms with Crippen LogP contribution in [0.4, 0.5) is 5.82 Å². The number of hydrogen-bond donors (Lipinski definition) is 1. The summed E-state index contributed by atoms with van der Waals surface area (Å²) >= 11 is 1.48. The van der Waals surface area contributed by atoms with Gasteiger partial charge in [-0.05, 0) is 54.1 Å². The van der Waals surface area contributed by atoms with Crippen LogP contribution in [0.2, 0.25) is 0 Å². The van der Waals surface area contributed by atoms with Gasteiger partial charge < -0.3 is 23.9 Å². The lowest BCUT2D eigenvalue weighted by Crippen LogP contribution is -2.42. The molecule has 3 aromatic carbocycles. The number of carbonyl (C=O) groups is 2. The summed E-state index contributed by atoms with van der Waals surface area (Å²) in [5, 5.41) is 7.67. The Labute approximate surface area is 264 Å². The van der Waals surface area contributed by atoms with Crippen LogP contribution >= 0.6 is 11.8 Å². The van der Waals surface area contributed by atoms with Crippen LogP contribution in [-0.4, -0.2) is 55.2 Å². The number of anilines is 1. The van der Waals surface area contributed by atoms with Crippen molar-refractivity contribution in [2.75, 3.05) is 38.5 Å². The van der Waals surface area contributed by atoms with Gasteiger partial charge in [0, 0.05) is 11.1 Å². The molecule has 0 spiro atoms. The van der Waals surface area contributed by atoms with Crippen molar-refractivity contribution in [3.05, 3.63) is 108 Å². The van der Waals surface area contributed by atoms with Crippen LogP contribution in [-0.2, 0) is 16.1 Å². The molecule has 10 nitrogen and oxygen atoms in total. The number of furan rings is 1. The zero-order valence-electron chi connectivity index (χ0n) is 25.1. The van der Waals surface area contributed by atoms with Gasteiger partial charge >= 0.3 is 0 Å². The smallest absolute Gasteiger partial charge is 0.240 e. The van der Waals surface area contributed by atoms with Gasteiger partial charge in [-0.2, -0.15) is 5.10 Å². The molecule has 1 aliphatic rings. The molecule has 11 heteroatoms. The molecule has 3 heterocycles. The van der Waals surface area contributed by atoms with Crippen molar-refractivity contribution >= 4 is 29.4 Å². The van der Waals surface area contributed by atoms with Crippen molar-refractivity contribution in [1.29, 1.82) is 0 Å². The lowest BCUT2D eigenvalue weighted by Gasteiger charge is -2.23. The highest BCUT2D eigenvalue weighted by Crippen LogP contribution is 2.49. The minimum Gasteiger partial charge on any atom is -0.497 e. The third-order valence-electron chi connectivity index (χ3n) is 7.51. The van der Waals surface area contributed by atoms with Gasteiger partial charge in [-0.3, -0.25) is 14.5 Å². The first kappa shape index (κ1) is 29.9. The molecule has 0 aliphatic carbocycles. The average molecular weight is 625 g/mol. The van der Waals surface area contributed by atoms with E-state index in [9.17, 15) is 9.59 Å². The first-order valence-electron chi connectivity index (χ1n) is 14.3. The van der Waals surface area contributed by atoms with E-state index in [0.29, 0.717) is 40.2 Å². The summed E-state index contributed by atoms with van der Waals surface area (Å²) in [6.45, 7) is -0.00141. The predicted molar refractivity (Wildman–Crippen MR) is 172 cm³/mol. The highest BCUT2D eigenvalue weighted by Gasteiger charge is 2.38. The largest absolute Gasteiger partial charge is 0.497 e. The van der Waals surface area contributed by atoms with Crippen LogP contribution in [0.1, 0.15) is 22.1 Å². The molecule has 1 unspecified atom stereocenters. The molecule has 2 amide bonds. The second-order valence-electron chi connectivity index (χ2n) is 10.2. The van der Waals surface area contributed by atoms with Crippen LogP contribution in [0.3, 0.4) is 0 Å². The SMILES string of the molecule is COc1ccc(-n2nc(-c3ccccc3)c3c2N(CC(=O)NCc2ccco2)C(=O)CSC3c2ccc(OC)c(OC)c2)cc1. The fraction of sp³-hybridized carbons (Fsp3) is 0.206. The summed E-state index contributed by atoms with van der Waals surface area (Å²) in [6.07, 6.45) is 1.55. The van der Waals surface area contributed by atoms with Gasteiger partial charge in [0.2, 0.25) is 11.8 Å². The molecule has 45 heavy (non-hydrogen) atoms. The number of fused-ring (bicyclic) bond motifs is 1. The number of thioether (sulfide) groups is 1. The third kappa shape index (κ3) is 6.12. The standard InChI is InChI=1S/C34H32N4O6S/c1-41-25-14-12-24(13-15-25)38-34-31(32(36-38)22-8-5-4-6-9-22)33(23-11-16-27(42-2)28(18-23)43-3)45-21-30(40)37(34)20-29(39)35-19-26-10-7-17-44-26/h4-18,33H,19-21H2,1-3H3,(H,35,39). The fourth-order valence-corrected chi connectivity index (χ4v) is 6.50. The van der Waals surface area contributed by atoms with Crippen molar-refractivity contribution in [3.63, 3.8) is 0 Å². The molecule has 1 N–H and O–H groups in total. The molecule has 6 rings (SSSR count). The Kier molecular flexibility index (Phi) is 8.79. The minimum atomic E-state index is -0.331. The molecular formula is C34H32N4O6S.